The zero-order valence-electron chi connectivity index (χ0n) is 7.77. The van der Waals surface area contributed by atoms with Gasteiger partial charge in [0.05, 0.1) is 6.54 Å². The van der Waals surface area contributed by atoms with Crippen LogP contribution in [-0.4, -0.2) is 20.2 Å². The van der Waals surface area contributed by atoms with Crippen LogP contribution in [-0.2, 0) is 6.54 Å². The molecular weight excluding hydrogens is 196 g/mol. The van der Waals surface area contributed by atoms with Gasteiger partial charge in [0.1, 0.15) is 0 Å². The van der Waals surface area contributed by atoms with E-state index in [1.165, 1.54) is 11.1 Å². The summed E-state index contributed by atoms with van der Waals surface area (Å²) in [6, 6.07) is 8.28. The number of hydrogen-bond acceptors (Lipinski definition) is 3. The molecule has 72 valence electrons. The molecule has 2 aromatic rings. The van der Waals surface area contributed by atoms with Gasteiger partial charge in [-0.05, 0) is 24.7 Å². The average Bonchev–Trinajstić information content (AvgIpc) is 2.56. The van der Waals surface area contributed by atoms with Crippen LogP contribution < -0.4 is 0 Å². The molecule has 0 aliphatic carbocycles. The number of aromatic nitrogens is 4. The predicted octanol–water partition coefficient (Wildman–Crippen LogP) is 1.69. The van der Waals surface area contributed by atoms with Gasteiger partial charge < -0.3 is 0 Å². The molecule has 14 heavy (non-hydrogen) atoms. The van der Waals surface area contributed by atoms with Crippen molar-refractivity contribution in [1.82, 2.24) is 20.2 Å². The molecule has 0 aliphatic rings. The molecular formula is C9H10N4S. The molecule has 0 aliphatic heterocycles. The molecule has 5 heteroatoms. The third-order valence-corrected chi connectivity index (χ3v) is 2.30. The van der Waals surface area contributed by atoms with Crippen LogP contribution >= 0.6 is 12.2 Å². The van der Waals surface area contributed by atoms with E-state index in [9.17, 15) is 0 Å². The molecule has 0 unspecified atom stereocenters. The molecule has 0 amide bonds. The van der Waals surface area contributed by atoms with Crippen molar-refractivity contribution in [3.8, 4) is 0 Å². The van der Waals surface area contributed by atoms with Crippen LogP contribution in [0.15, 0.2) is 24.3 Å². The molecule has 1 N–H and O–H groups in total. The van der Waals surface area contributed by atoms with Crippen molar-refractivity contribution >= 4 is 12.2 Å². The number of benzene rings is 1. The van der Waals surface area contributed by atoms with Gasteiger partial charge in [0.2, 0.25) is 4.77 Å². The smallest absolute Gasteiger partial charge is 0.238 e. The Labute approximate surface area is 86.6 Å². The second-order valence-electron chi connectivity index (χ2n) is 3.15. The number of H-pyrrole nitrogens is 1. The molecule has 0 radical (unpaired) electrons. The summed E-state index contributed by atoms with van der Waals surface area (Å²) in [7, 11) is 0. The van der Waals surface area contributed by atoms with Crippen LogP contribution in [0.2, 0.25) is 0 Å². The van der Waals surface area contributed by atoms with Gasteiger partial charge in [-0.3, -0.25) is 0 Å². The summed E-state index contributed by atoms with van der Waals surface area (Å²) in [4.78, 5) is 0. The van der Waals surface area contributed by atoms with Crippen molar-refractivity contribution in [1.29, 1.82) is 0 Å². The number of hydrogen-bond donors (Lipinski definition) is 1. The number of nitrogens with zero attached hydrogens (tertiary/aromatic N) is 3. The van der Waals surface area contributed by atoms with E-state index in [1.807, 2.05) is 0 Å². The maximum Gasteiger partial charge on any atom is 0.238 e. The molecule has 0 fully saturated rings. The molecule has 1 heterocycles. The van der Waals surface area contributed by atoms with E-state index in [0.29, 0.717) is 11.3 Å². The van der Waals surface area contributed by atoms with E-state index in [4.69, 9.17) is 12.2 Å². The van der Waals surface area contributed by atoms with Crippen LogP contribution in [0.1, 0.15) is 11.1 Å². The molecule has 0 bridgehead atoms. The van der Waals surface area contributed by atoms with Crippen LogP contribution in [0.4, 0.5) is 0 Å². The number of aryl methyl sites for hydroxylation is 1. The lowest BCUT2D eigenvalue weighted by Gasteiger charge is -2.01. The molecule has 0 atom stereocenters. The third-order valence-electron chi connectivity index (χ3n) is 1.99. The summed E-state index contributed by atoms with van der Waals surface area (Å²) in [5, 5.41) is 10.0. The van der Waals surface area contributed by atoms with Crippen LogP contribution in [0.5, 0.6) is 0 Å². The Balaban J connectivity index is 2.23. The van der Waals surface area contributed by atoms with Crippen LogP contribution in [0.3, 0.4) is 0 Å². The summed E-state index contributed by atoms with van der Waals surface area (Å²) in [6.07, 6.45) is 0. The Morgan fingerprint density at radius 3 is 2.64 bits per heavy atom. The summed E-state index contributed by atoms with van der Waals surface area (Å²) in [5.74, 6) is 0. The molecule has 0 spiro atoms. The van der Waals surface area contributed by atoms with E-state index < -0.39 is 0 Å². The Bertz CT molecular complexity index is 468. The van der Waals surface area contributed by atoms with Gasteiger partial charge in [-0.2, -0.15) is 5.21 Å². The lowest BCUT2D eigenvalue weighted by molar-refractivity contribution is 0.642. The van der Waals surface area contributed by atoms with E-state index in [1.54, 1.807) is 4.68 Å². The largest absolute Gasteiger partial charge is 0.238 e. The van der Waals surface area contributed by atoms with Gasteiger partial charge in [-0.1, -0.05) is 40.1 Å². The highest BCUT2D eigenvalue weighted by Crippen LogP contribution is 2.04. The lowest BCUT2D eigenvalue weighted by atomic mass is 10.1. The van der Waals surface area contributed by atoms with Crippen molar-refractivity contribution < 1.29 is 0 Å². The van der Waals surface area contributed by atoms with Crippen molar-refractivity contribution in [2.45, 2.75) is 13.5 Å². The fraction of sp³-hybridized carbons (Fsp3) is 0.222. The van der Waals surface area contributed by atoms with Crippen molar-refractivity contribution in [2.75, 3.05) is 0 Å². The van der Waals surface area contributed by atoms with Crippen molar-refractivity contribution in [3.63, 3.8) is 0 Å². The Morgan fingerprint density at radius 2 is 2.07 bits per heavy atom. The number of rotatable bonds is 2. The summed E-state index contributed by atoms with van der Waals surface area (Å²) in [6.45, 7) is 2.75. The van der Waals surface area contributed by atoms with Gasteiger partial charge >= 0.3 is 0 Å². The highest BCUT2D eigenvalue weighted by atomic mass is 32.1. The first kappa shape index (κ1) is 9.08. The SMILES string of the molecule is Cc1ccc(Cn2[nH]nnc2=S)cc1. The van der Waals surface area contributed by atoms with Crippen LogP contribution in [0, 0.1) is 11.7 Å². The van der Waals surface area contributed by atoms with Gasteiger partial charge in [-0.25, -0.2) is 4.68 Å². The summed E-state index contributed by atoms with van der Waals surface area (Å²) < 4.78 is 2.20. The van der Waals surface area contributed by atoms with Gasteiger partial charge in [0.25, 0.3) is 0 Å². The number of tetrazole rings is 1. The molecule has 0 saturated heterocycles. The maximum atomic E-state index is 4.97. The fourth-order valence-corrected chi connectivity index (χ4v) is 1.34. The third kappa shape index (κ3) is 1.88. The quantitative estimate of drug-likeness (QED) is 0.761. The first-order valence-corrected chi connectivity index (χ1v) is 4.70. The first-order valence-electron chi connectivity index (χ1n) is 4.29. The Morgan fingerprint density at radius 1 is 1.36 bits per heavy atom. The summed E-state index contributed by atoms with van der Waals surface area (Å²) >= 11 is 4.97. The van der Waals surface area contributed by atoms with E-state index in [0.717, 1.165) is 0 Å². The van der Waals surface area contributed by atoms with Crippen molar-refractivity contribution in [3.05, 3.63) is 40.2 Å². The zero-order valence-corrected chi connectivity index (χ0v) is 8.58. The molecule has 2 rings (SSSR count). The highest BCUT2D eigenvalue weighted by molar-refractivity contribution is 7.71. The minimum Gasteiger partial charge on any atom is -0.238 e. The summed E-state index contributed by atoms with van der Waals surface area (Å²) in [5.41, 5.74) is 2.43. The van der Waals surface area contributed by atoms with Crippen LogP contribution in [0.25, 0.3) is 0 Å². The predicted molar refractivity (Wildman–Crippen MR) is 55.5 cm³/mol. The van der Waals surface area contributed by atoms with Gasteiger partial charge in [0.15, 0.2) is 0 Å². The minimum atomic E-state index is 0.477. The number of nitrogens with one attached hydrogen (secondary N) is 1. The van der Waals surface area contributed by atoms with Gasteiger partial charge in [-0.15, -0.1) is 0 Å². The second-order valence-corrected chi connectivity index (χ2v) is 3.52. The Hall–Kier alpha value is -1.49. The van der Waals surface area contributed by atoms with E-state index in [2.05, 4.69) is 46.7 Å². The number of aromatic amines is 1. The molecule has 4 nitrogen and oxygen atoms in total. The van der Waals surface area contributed by atoms with E-state index in [-0.39, 0.29) is 0 Å². The average molecular weight is 206 g/mol. The van der Waals surface area contributed by atoms with Gasteiger partial charge in [0, 0.05) is 0 Å². The first-order chi connectivity index (χ1) is 6.75. The van der Waals surface area contributed by atoms with E-state index >= 15 is 0 Å². The Kier molecular flexibility index (Phi) is 2.41. The molecule has 1 aromatic heterocycles. The normalized spacial score (nSPS) is 10.4. The maximum absolute atomic E-state index is 4.97. The minimum absolute atomic E-state index is 0.477. The lowest BCUT2D eigenvalue weighted by Crippen LogP contribution is -2.01. The fourth-order valence-electron chi connectivity index (χ4n) is 1.19. The molecule has 0 saturated carbocycles. The monoisotopic (exact) mass is 206 g/mol. The molecule has 1 aromatic carbocycles. The highest BCUT2D eigenvalue weighted by Gasteiger charge is 1.96. The second kappa shape index (κ2) is 3.71. The standard InChI is InChI=1S/C9H10N4S/c1-7-2-4-8(5-3-7)6-13-9(14)10-11-12-13/h2-5H,6H2,1H3,(H,10,12,14). The van der Waals surface area contributed by atoms with Crippen molar-refractivity contribution in [2.24, 2.45) is 0 Å². The topological polar surface area (TPSA) is 46.5 Å². The zero-order chi connectivity index (χ0) is 9.97.